The standard InChI is InChI=1S/C36H22N4/c37-21-22-10-9-19-32(25-13-1-5-15-29(25)38-22)39-30-16-6-2-11-23(30)27-20-28-24-12-3-7-17-31(24)40-33-18-8-4-14-26(33)34(35(27)39)36(28)40/h1-8,11-20H,9-10H2/b32-19+,38-22+. The van der Waals surface area contributed by atoms with E-state index in [4.69, 9.17) is 4.99 Å². The highest BCUT2D eigenvalue weighted by molar-refractivity contribution is 6.34. The van der Waals surface area contributed by atoms with Crippen LogP contribution in [0, 0.1) is 11.3 Å². The smallest absolute Gasteiger partial charge is 0.118 e. The summed E-state index contributed by atoms with van der Waals surface area (Å²) in [5.41, 5.74) is 9.68. The van der Waals surface area contributed by atoms with E-state index in [1.165, 1.54) is 59.9 Å². The zero-order chi connectivity index (χ0) is 26.4. The second-order valence-corrected chi connectivity index (χ2v) is 10.6. The van der Waals surface area contributed by atoms with Crippen molar-refractivity contribution < 1.29 is 0 Å². The molecule has 4 nitrogen and oxygen atoms in total. The Labute approximate surface area is 229 Å². The normalized spacial score (nSPS) is 16.7. The molecule has 0 saturated carbocycles. The van der Waals surface area contributed by atoms with E-state index < -0.39 is 0 Å². The number of benzene rings is 5. The third-order valence-corrected chi connectivity index (χ3v) is 8.53. The summed E-state index contributed by atoms with van der Waals surface area (Å²) in [6.07, 6.45) is 3.67. The summed E-state index contributed by atoms with van der Waals surface area (Å²) in [6, 6.07) is 39.2. The largest absolute Gasteiger partial charge is 0.308 e. The third-order valence-electron chi connectivity index (χ3n) is 8.53. The van der Waals surface area contributed by atoms with Gasteiger partial charge in [0.05, 0.1) is 39.0 Å². The maximum Gasteiger partial charge on any atom is 0.118 e. The number of fused-ring (bicyclic) bond motifs is 11. The molecule has 0 saturated heterocycles. The fourth-order valence-electron chi connectivity index (χ4n) is 6.94. The predicted molar refractivity (Wildman–Crippen MR) is 166 cm³/mol. The van der Waals surface area contributed by atoms with Gasteiger partial charge in [0, 0.05) is 44.3 Å². The van der Waals surface area contributed by atoms with E-state index in [1.807, 2.05) is 12.1 Å². The molecule has 1 aliphatic rings. The molecule has 0 aliphatic carbocycles. The van der Waals surface area contributed by atoms with E-state index in [1.54, 1.807) is 0 Å². The Kier molecular flexibility index (Phi) is 4.20. The Morgan fingerprint density at radius 2 is 1.27 bits per heavy atom. The Hall–Kier alpha value is -5.40. The van der Waals surface area contributed by atoms with Gasteiger partial charge < -0.3 is 8.97 Å². The number of aromatic nitrogens is 2. The summed E-state index contributed by atoms with van der Waals surface area (Å²) in [6.45, 7) is 0. The minimum absolute atomic E-state index is 0.573. The number of hydrogen-bond donors (Lipinski definition) is 0. The van der Waals surface area contributed by atoms with Crippen LogP contribution in [0.5, 0.6) is 0 Å². The molecule has 0 bridgehead atoms. The molecule has 5 aromatic carbocycles. The molecule has 186 valence electrons. The Morgan fingerprint density at radius 3 is 2.08 bits per heavy atom. The van der Waals surface area contributed by atoms with Crippen molar-refractivity contribution in [3.63, 3.8) is 0 Å². The Morgan fingerprint density at radius 1 is 0.650 bits per heavy atom. The highest BCUT2D eigenvalue weighted by atomic mass is 15.0. The van der Waals surface area contributed by atoms with Crippen LogP contribution in [0.3, 0.4) is 0 Å². The van der Waals surface area contributed by atoms with Gasteiger partial charge in [0.2, 0.25) is 0 Å². The van der Waals surface area contributed by atoms with Gasteiger partial charge in [0.15, 0.2) is 0 Å². The monoisotopic (exact) mass is 510 g/mol. The third kappa shape index (κ3) is 2.66. The van der Waals surface area contributed by atoms with E-state index in [0.29, 0.717) is 12.1 Å². The van der Waals surface area contributed by atoms with Crippen molar-refractivity contribution in [1.82, 2.24) is 8.97 Å². The lowest BCUT2D eigenvalue weighted by molar-refractivity contribution is 1.07. The van der Waals surface area contributed by atoms with Crippen molar-refractivity contribution in [1.29, 1.82) is 5.26 Å². The number of aliphatic imine (C=N–C) groups is 1. The molecule has 0 spiro atoms. The molecular weight excluding hydrogens is 488 g/mol. The summed E-state index contributed by atoms with van der Waals surface area (Å²) in [4.78, 5) is 4.80. The molecule has 0 N–H and O–H groups in total. The fraction of sp³-hybridized carbons (Fsp3) is 0.0556. The van der Waals surface area contributed by atoms with Crippen LogP contribution in [0.4, 0.5) is 5.69 Å². The second kappa shape index (κ2) is 7.81. The van der Waals surface area contributed by atoms with E-state index in [2.05, 4.69) is 112 Å². The van der Waals surface area contributed by atoms with Crippen molar-refractivity contribution in [2.24, 2.45) is 4.99 Å². The van der Waals surface area contributed by atoms with Crippen molar-refractivity contribution >= 4 is 77.0 Å². The Bertz CT molecular complexity index is 2440. The van der Waals surface area contributed by atoms with Crippen molar-refractivity contribution in [3.8, 4) is 6.07 Å². The minimum Gasteiger partial charge on any atom is -0.308 e. The average Bonchev–Trinajstić information content (AvgIpc) is 3.62. The average molecular weight is 511 g/mol. The van der Waals surface area contributed by atoms with Gasteiger partial charge in [-0.1, -0.05) is 78.9 Å². The highest BCUT2D eigenvalue weighted by Crippen LogP contribution is 2.47. The SMILES string of the molecule is N#C/C1=N/c2ccccc2/C(n2c3ccccc3c3cc4c5ccccc5n5c6ccccc6c(c32)c45)=C\CC1. The second-order valence-electron chi connectivity index (χ2n) is 10.6. The lowest BCUT2D eigenvalue weighted by Gasteiger charge is -2.18. The maximum atomic E-state index is 9.68. The number of para-hydroxylation sites is 4. The van der Waals surface area contributed by atoms with E-state index in [0.717, 1.165) is 23.4 Å². The van der Waals surface area contributed by atoms with Crippen LogP contribution < -0.4 is 0 Å². The molecule has 4 heteroatoms. The minimum atomic E-state index is 0.573. The van der Waals surface area contributed by atoms with Gasteiger partial charge in [-0.25, -0.2) is 4.99 Å². The lowest BCUT2D eigenvalue weighted by atomic mass is 10.0. The number of rotatable bonds is 1. The van der Waals surface area contributed by atoms with Gasteiger partial charge in [-0.3, -0.25) is 0 Å². The molecule has 1 aliphatic heterocycles. The van der Waals surface area contributed by atoms with Crippen LogP contribution in [0.15, 0.2) is 114 Å². The summed E-state index contributed by atoms with van der Waals surface area (Å²) < 4.78 is 4.90. The molecule has 3 aromatic heterocycles. The molecule has 4 heterocycles. The number of nitriles is 1. The summed E-state index contributed by atoms with van der Waals surface area (Å²) in [5.74, 6) is 0. The Balaban J connectivity index is 1.54. The molecule has 40 heavy (non-hydrogen) atoms. The fourth-order valence-corrected chi connectivity index (χ4v) is 6.94. The summed E-state index contributed by atoms with van der Waals surface area (Å²) >= 11 is 0. The number of hydrogen-bond acceptors (Lipinski definition) is 2. The van der Waals surface area contributed by atoms with Crippen LogP contribution in [0.25, 0.3) is 65.6 Å². The first kappa shape index (κ1) is 21.5. The van der Waals surface area contributed by atoms with Crippen molar-refractivity contribution in [3.05, 3.63) is 115 Å². The number of allylic oxidation sites excluding steroid dienone is 1. The summed E-state index contributed by atoms with van der Waals surface area (Å²) in [5, 5.41) is 17.3. The lowest BCUT2D eigenvalue weighted by Crippen LogP contribution is -2.04. The molecule has 0 atom stereocenters. The van der Waals surface area contributed by atoms with Crippen molar-refractivity contribution in [2.45, 2.75) is 12.8 Å². The van der Waals surface area contributed by atoms with Crippen LogP contribution in [0.2, 0.25) is 0 Å². The van der Waals surface area contributed by atoms with Crippen LogP contribution in [-0.4, -0.2) is 14.7 Å². The van der Waals surface area contributed by atoms with Crippen LogP contribution >= 0.6 is 0 Å². The molecule has 8 aromatic rings. The van der Waals surface area contributed by atoms with Crippen LogP contribution in [-0.2, 0) is 0 Å². The van der Waals surface area contributed by atoms with E-state index >= 15 is 0 Å². The van der Waals surface area contributed by atoms with Gasteiger partial charge in [-0.2, -0.15) is 5.26 Å². The molecular formula is C36H22N4. The first-order chi connectivity index (χ1) is 19.8. The topological polar surface area (TPSA) is 45.5 Å². The number of nitrogens with zero attached hydrogens (tertiary/aromatic N) is 4. The molecule has 9 rings (SSSR count). The summed E-state index contributed by atoms with van der Waals surface area (Å²) in [7, 11) is 0. The molecule has 0 amide bonds. The zero-order valence-corrected chi connectivity index (χ0v) is 21.6. The first-order valence-corrected chi connectivity index (χ1v) is 13.7. The molecule has 0 radical (unpaired) electrons. The zero-order valence-electron chi connectivity index (χ0n) is 21.6. The van der Waals surface area contributed by atoms with Gasteiger partial charge in [0.25, 0.3) is 0 Å². The predicted octanol–water partition coefficient (Wildman–Crippen LogP) is 9.22. The maximum absolute atomic E-state index is 9.68. The van der Waals surface area contributed by atoms with Crippen molar-refractivity contribution in [2.75, 3.05) is 0 Å². The van der Waals surface area contributed by atoms with Crippen LogP contribution in [0.1, 0.15) is 18.4 Å². The van der Waals surface area contributed by atoms with Gasteiger partial charge in [-0.05, 0) is 36.8 Å². The quantitative estimate of drug-likeness (QED) is 0.217. The molecule has 0 unspecified atom stereocenters. The van der Waals surface area contributed by atoms with E-state index in [9.17, 15) is 5.26 Å². The van der Waals surface area contributed by atoms with Gasteiger partial charge >= 0.3 is 0 Å². The van der Waals surface area contributed by atoms with Gasteiger partial charge in [0.1, 0.15) is 11.8 Å². The highest BCUT2D eigenvalue weighted by Gasteiger charge is 2.25. The molecule has 0 fully saturated rings. The van der Waals surface area contributed by atoms with Gasteiger partial charge in [-0.15, -0.1) is 0 Å². The van der Waals surface area contributed by atoms with E-state index in [-0.39, 0.29) is 0 Å². The first-order valence-electron chi connectivity index (χ1n) is 13.7.